The van der Waals surface area contributed by atoms with E-state index in [2.05, 4.69) is 22.2 Å². The van der Waals surface area contributed by atoms with Crippen LogP contribution in [0.4, 0.5) is 0 Å². The van der Waals surface area contributed by atoms with E-state index in [-0.39, 0.29) is 24.3 Å². The van der Waals surface area contributed by atoms with E-state index in [1.54, 1.807) is 13.3 Å². The van der Waals surface area contributed by atoms with E-state index in [0.29, 0.717) is 26.1 Å². The third-order valence-corrected chi connectivity index (χ3v) is 1.85. The van der Waals surface area contributed by atoms with E-state index in [1.165, 1.54) is 0 Å². The van der Waals surface area contributed by atoms with Crippen LogP contribution in [0.1, 0.15) is 13.3 Å². The van der Waals surface area contributed by atoms with Crippen molar-refractivity contribution in [2.75, 3.05) is 19.7 Å². The highest BCUT2D eigenvalue weighted by molar-refractivity contribution is 5.85. The van der Waals surface area contributed by atoms with Gasteiger partial charge in [-0.25, -0.2) is 0 Å². The van der Waals surface area contributed by atoms with E-state index < -0.39 is 0 Å². The molecule has 1 unspecified atom stereocenters. The van der Waals surface area contributed by atoms with Crippen LogP contribution in [-0.2, 0) is 9.53 Å². The molecule has 1 rings (SSSR count). The molecule has 0 aliphatic carbocycles. The van der Waals surface area contributed by atoms with Crippen LogP contribution in [-0.4, -0.2) is 32.0 Å². The standard InChI is InChI=1S/C10H14N2O2.ClH/c1-2-3-4-5-14-10(13)9-6-11-8-12-7-9;/h8-9H,4-7H2,1H3,(H,11,12);1H. The van der Waals surface area contributed by atoms with Crippen LogP contribution in [0.15, 0.2) is 4.99 Å². The van der Waals surface area contributed by atoms with Crippen LogP contribution in [0.5, 0.6) is 0 Å². The summed E-state index contributed by atoms with van der Waals surface area (Å²) in [5.41, 5.74) is 0. The Morgan fingerprint density at radius 2 is 2.53 bits per heavy atom. The number of hydrogen-bond donors (Lipinski definition) is 1. The highest BCUT2D eigenvalue weighted by atomic mass is 35.5. The summed E-state index contributed by atoms with van der Waals surface area (Å²) in [6, 6.07) is 0. The molecule has 1 N–H and O–H groups in total. The zero-order valence-electron chi connectivity index (χ0n) is 8.66. The van der Waals surface area contributed by atoms with Gasteiger partial charge in [0, 0.05) is 13.0 Å². The predicted octanol–water partition coefficient (Wildman–Crippen LogP) is 0.612. The molecular weight excluding hydrogens is 216 g/mol. The van der Waals surface area contributed by atoms with Crippen molar-refractivity contribution < 1.29 is 9.53 Å². The molecule has 0 fully saturated rings. The average Bonchev–Trinajstić information content (AvgIpc) is 2.25. The van der Waals surface area contributed by atoms with Crippen molar-refractivity contribution >= 4 is 24.7 Å². The predicted molar refractivity (Wildman–Crippen MR) is 61.1 cm³/mol. The first kappa shape index (κ1) is 13.8. The first-order valence-electron chi connectivity index (χ1n) is 4.62. The monoisotopic (exact) mass is 230 g/mol. The molecule has 1 atom stereocenters. The van der Waals surface area contributed by atoms with Gasteiger partial charge >= 0.3 is 5.97 Å². The van der Waals surface area contributed by atoms with Gasteiger partial charge < -0.3 is 10.1 Å². The van der Waals surface area contributed by atoms with Crippen LogP contribution >= 0.6 is 12.4 Å². The van der Waals surface area contributed by atoms with Gasteiger partial charge in [-0.15, -0.1) is 24.2 Å². The highest BCUT2D eigenvalue weighted by Crippen LogP contribution is 2.02. The highest BCUT2D eigenvalue weighted by Gasteiger charge is 2.20. The van der Waals surface area contributed by atoms with Gasteiger partial charge in [-0.1, -0.05) is 0 Å². The quantitative estimate of drug-likeness (QED) is 0.439. The lowest BCUT2D eigenvalue weighted by molar-refractivity contribution is -0.147. The number of halogens is 1. The van der Waals surface area contributed by atoms with Crippen molar-refractivity contribution in [3.05, 3.63) is 0 Å². The van der Waals surface area contributed by atoms with Crippen molar-refractivity contribution in [3.63, 3.8) is 0 Å². The summed E-state index contributed by atoms with van der Waals surface area (Å²) in [5.74, 6) is 5.25. The molecule has 0 aromatic rings. The van der Waals surface area contributed by atoms with Gasteiger partial charge in [-0.05, 0) is 6.92 Å². The summed E-state index contributed by atoms with van der Waals surface area (Å²) in [5, 5.41) is 2.90. The molecule has 4 nitrogen and oxygen atoms in total. The number of esters is 1. The third kappa shape index (κ3) is 5.28. The summed E-state index contributed by atoms with van der Waals surface area (Å²) < 4.78 is 5.03. The fraction of sp³-hybridized carbons (Fsp3) is 0.600. The van der Waals surface area contributed by atoms with Crippen LogP contribution in [0.2, 0.25) is 0 Å². The molecule has 0 saturated heterocycles. The zero-order valence-corrected chi connectivity index (χ0v) is 9.47. The van der Waals surface area contributed by atoms with Crippen molar-refractivity contribution in [1.82, 2.24) is 5.32 Å². The number of hydrogen-bond acceptors (Lipinski definition) is 4. The summed E-state index contributed by atoms with van der Waals surface area (Å²) >= 11 is 0. The molecule has 0 saturated carbocycles. The second kappa shape index (κ2) is 8.13. The Labute approximate surface area is 95.9 Å². The van der Waals surface area contributed by atoms with E-state index in [1.807, 2.05) is 0 Å². The van der Waals surface area contributed by atoms with E-state index in [0.717, 1.165) is 0 Å². The normalized spacial score (nSPS) is 17.8. The fourth-order valence-electron chi connectivity index (χ4n) is 1.11. The molecule has 1 heterocycles. The van der Waals surface area contributed by atoms with Gasteiger partial charge in [-0.2, -0.15) is 0 Å². The summed E-state index contributed by atoms with van der Waals surface area (Å²) in [4.78, 5) is 15.3. The van der Waals surface area contributed by atoms with Crippen LogP contribution in [0, 0.1) is 17.8 Å². The van der Waals surface area contributed by atoms with E-state index in [9.17, 15) is 4.79 Å². The molecule has 0 aromatic heterocycles. The molecule has 84 valence electrons. The number of carbonyl (C=O) groups is 1. The lowest BCUT2D eigenvalue weighted by atomic mass is 10.1. The van der Waals surface area contributed by atoms with Gasteiger partial charge in [0.2, 0.25) is 0 Å². The summed E-state index contributed by atoms with van der Waals surface area (Å²) in [6.45, 7) is 3.27. The Kier molecular flexibility index (Phi) is 7.47. The van der Waals surface area contributed by atoms with Crippen molar-refractivity contribution in [3.8, 4) is 11.8 Å². The first-order valence-corrected chi connectivity index (χ1v) is 4.62. The summed E-state index contributed by atoms with van der Waals surface area (Å²) in [6.07, 6.45) is 2.22. The van der Waals surface area contributed by atoms with Gasteiger partial charge in [0.15, 0.2) is 0 Å². The molecule has 0 radical (unpaired) electrons. The van der Waals surface area contributed by atoms with Crippen LogP contribution in [0.25, 0.3) is 0 Å². The number of ether oxygens (including phenoxy) is 1. The Hall–Kier alpha value is -1.21. The van der Waals surface area contributed by atoms with Crippen molar-refractivity contribution in [2.24, 2.45) is 10.9 Å². The number of rotatable bonds is 3. The minimum absolute atomic E-state index is 0. The lowest BCUT2D eigenvalue weighted by Crippen LogP contribution is -2.35. The molecule has 5 heteroatoms. The first-order chi connectivity index (χ1) is 6.84. The molecule has 0 amide bonds. The topological polar surface area (TPSA) is 50.7 Å². The maximum Gasteiger partial charge on any atom is 0.312 e. The SMILES string of the molecule is CC#CCCOC(=O)C1CN=CNC1.Cl. The molecule has 15 heavy (non-hydrogen) atoms. The molecule has 0 spiro atoms. The Bertz CT molecular complexity index is 281. The fourth-order valence-corrected chi connectivity index (χ4v) is 1.11. The van der Waals surface area contributed by atoms with Crippen molar-refractivity contribution in [1.29, 1.82) is 0 Å². The number of carbonyl (C=O) groups excluding carboxylic acids is 1. The average molecular weight is 231 g/mol. The van der Waals surface area contributed by atoms with Crippen LogP contribution in [0.3, 0.4) is 0 Å². The molecule has 0 aromatic carbocycles. The number of nitrogens with one attached hydrogen (secondary N) is 1. The number of nitrogens with zero attached hydrogens (tertiary/aromatic N) is 1. The lowest BCUT2D eigenvalue weighted by Gasteiger charge is -2.16. The van der Waals surface area contributed by atoms with Crippen LogP contribution < -0.4 is 5.32 Å². The molecule has 0 bridgehead atoms. The second-order valence-electron chi connectivity index (χ2n) is 2.94. The largest absolute Gasteiger partial charge is 0.464 e. The maximum atomic E-state index is 11.4. The third-order valence-electron chi connectivity index (χ3n) is 1.85. The molecular formula is C10H15ClN2O2. The minimum Gasteiger partial charge on any atom is -0.464 e. The number of aliphatic imine (C=N–C) groups is 1. The Morgan fingerprint density at radius 1 is 1.73 bits per heavy atom. The molecule has 1 aliphatic rings. The Morgan fingerprint density at radius 3 is 3.13 bits per heavy atom. The Balaban J connectivity index is 0.00000196. The minimum atomic E-state index is -0.188. The van der Waals surface area contributed by atoms with Gasteiger partial charge in [0.05, 0.1) is 18.8 Å². The second-order valence-corrected chi connectivity index (χ2v) is 2.94. The van der Waals surface area contributed by atoms with Gasteiger partial charge in [0.1, 0.15) is 6.61 Å². The van der Waals surface area contributed by atoms with E-state index >= 15 is 0 Å². The van der Waals surface area contributed by atoms with Crippen molar-refractivity contribution in [2.45, 2.75) is 13.3 Å². The zero-order chi connectivity index (χ0) is 10.2. The maximum absolute atomic E-state index is 11.4. The van der Waals surface area contributed by atoms with E-state index in [4.69, 9.17) is 4.74 Å². The van der Waals surface area contributed by atoms with Gasteiger partial charge in [0.25, 0.3) is 0 Å². The smallest absolute Gasteiger partial charge is 0.312 e. The van der Waals surface area contributed by atoms with Gasteiger partial charge in [-0.3, -0.25) is 9.79 Å². The molecule has 1 aliphatic heterocycles. The summed E-state index contributed by atoms with van der Waals surface area (Å²) in [7, 11) is 0.